The van der Waals surface area contributed by atoms with E-state index in [4.69, 9.17) is 4.42 Å². The predicted molar refractivity (Wildman–Crippen MR) is 87.6 cm³/mol. The van der Waals surface area contributed by atoms with Crippen molar-refractivity contribution in [3.05, 3.63) is 77.2 Å². The third-order valence-corrected chi connectivity index (χ3v) is 3.68. The largest absolute Gasteiger partial charge is 0.422 e. The SMILES string of the molecule is Cc1ncn(-c2ccc3cc(-c4ccccc4)c(=O)oc3c2)n1. The van der Waals surface area contributed by atoms with Crippen molar-refractivity contribution in [2.24, 2.45) is 0 Å². The third-order valence-electron chi connectivity index (χ3n) is 3.68. The average Bonchev–Trinajstić information content (AvgIpc) is 3.01. The van der Waals surface area contributed by atoms with Crippen LogP contribution in [0.4, 0.5) is 0 Å². The van der Waals surface area contributed by atoms with Gasteiger partial charge in [0.05, 0.1) is 11.3 Å². The highest BCUT2D eigenvalue weighted by Crippen LogP contribution is 2.22. The summed E-state index contributed by atoms with van der Waals surface area (Å²) < 4.78 is 7.15. The van der Waals surface area contributed by atoms with Gasteiger partial charge in [-0.2, -0.15) is 5.10 Å². The topological polar surface area (TPSA) is 60.9 Å². The molecule has 4 rings (SSSR count). The maximum Gasteiger partial charge on any atom is 0.344 e. The Balaban J connectivity index is 1.87. The zero-order chi connectivity index (χ0) is 15.8. The molecule has 0 saturated heterocycles. The molecule has 2 aromatic carbocycles. The Hall–Kier alpha value is -3.21. The highest BCUT2D eigenvalue weighted by atomic mass is 16.4. The monoisotopic (exact) mass is 303 g/mol. The number of aromatic nitrogens is 3. The van der Waals surface area contributed by atoms with Gasteiger partial charge in [0.2, 0.25) is 0 Å². The maximum atomic E-state index is 12.3. The molecule has 23 heavy (non-hydrogen) atoms. The summed E-state index contributed by atoms with van der Waals surface area (Å²) in [7, 11) is 0. The standard InChI is InChI=1S/C18H13N3O2/c1-12-19-11-21(20-12)15-8-7-14-9-16(13-5-3-2-4-6-13)18(22)23-17(14)10-15/h2-11H,1H3. The lowest BCUT2D eigenvalue weighted by molar-refractivity contribution is 0.563. The summed E-state index contributed by atoms with van der Waals surface area (Å²) in [5.74, 6) is 0.686. The van der Waals surface area contributed by atoms with Crippen LogP contribution in [0.25, 0.3) is 27.8 Å². The molecule has 0 radical (unpaired) electrons. The van der Waals surface area contributed by atoms with Crippen LogP contribution in [0.2, 0.25) is 0 Å². The Kier molecular flexibility index (Phi) is 3.05. The van der Waals surface area contributed by atoms with Crippen LogP contribution < -0.4 is 5.63 Å². The quantitative estimate of drug-likeness (QED) is 0.533. The molecular formula is C18H13N3O2. The Morgan fingerprint density at radius 2 is 1.87 bits per heavy atom. The second-order valence-corrected chi connectivity index (χ2v) is 5.27. The summed E-state index contributed by atoms with van der Waals surface area (Å²) >= 11 is 0. The lowest BCUT2D eigenvalue weighted by Crippen LogP contribution is -2.03. The molecule has 0 bridgehead atoms. The molecule has 0 saturated carbocycles. The lowest BCUT2D eigenvalue weighted by atomic mass is 10.1. The van der Waals surface area contributed by atoms with Gasteiger partial charge in [-0.1, -0.05) is 30.3 Å². The van der Waals surface area contributed by atoms with Gasteiger partial charge in [0.1, 0.15) is 17.7 Å². The van der Waals surface area contributed by atoms with E-state index in [0.717, 1.165) is 16.6 Å². The van der Waals surface area contributed by atoms with Crippen LogP contribution in [-0.4, -0.2) is 14.8 Å². The van der Waals surface area contributed by atoms with Crippen molar-refractivity contribution in [3.63, 3.8) is 0 Å². The number of aryl methyl sites for hydroxylation is 1. The fourth-order valence-electron chi connectivity index (χ4n) is 2.53. The van der Waals surface area contributed by atoms with Gasteiger partial charge in [0, 0.05) is 11.5 Å². The van der Waals surface area contributed by atoms with E-state index >= 15 is 0 Å². The number of rotatable bonds is 2. The van der Waals surface area contributed by atoms with Crippen molar-refractivity contribution in [2.45, 2.75) is 6.92 Å². The van der Waals surface area contributed by atoms with Gasteiger partial charge in [-0.25, -0.2) is 14.5 Å². The molecule has 0 fully saturated rings. The number of nitrogens with zero attached hydrogens (tertiary/aromatic N) is 3. The summed E-state index contributed by atoms with van der Waals surface area (Å²) in [4.78, 5) is 16.4. The third kappa shape index (κ3) is 2.42. The molecule has 0 aliphatic carbocycles. The second-order valence-electron chi connectivity index (χ2n) is 5.27. The van der Waals surface area contributed by atoms with Gasteiger partial charge < -0.3 is 4.42 Å². The zero-order valence-electron chi connectivity index (χ0n) is 12.4. The fourth-order valence-corrected chi connectivity index (χ4v) is 2.53. The molecule has 5 nitrogen and oxygen atoms in total. The molecule has 2 heterocycles. The molecule has 4 aromatic rings. The lowest BCUT2D eigenvalue weighted by Gasteiger charge is -2.05. The van der Waals surface area contributed by atoms with E-state index in [1.807, 2.05) is 55.5 Å². The van der Waals surface area contributed by atoms with E-state index in [0.29, 0.717) is 17.0 Å². The molecule has 0 atom stereocenters. The van der Waals surface area contributed by atoms with E-state index in [9.17, 15) is 4.79 Å². The van der Waals surface area contributed by atoms with Gasteiger partial charge in [-0.15, -0.1) is 0 Å². The normalized spacial score (nSPS) is 11.0. The summed E-state index contributed by atoms with van der Waals surface area (Å²) in [5.41, 5.74) is 2.38. The molecule has 112 valence electrons. The van der Waals surface area contributed by atoms with Gasteiger partial charge in [-0.05, 0) is 30.7 Å². The van der Waals surface area contributed by atoms with E-state index in [2.05, 4.69) is 10.1 Å². The van der Waals surface area contributed by atoms with Crippen LogP contribution in [0.1, 0.15) is 5.82 Å². The maximum absolute atomic E-state index is 12.3. The van der Waals surface area contributed by atoms with Gasteiger partial charge >= 0.3 is 5.63 Å². The van der Waals surface area contributed by atoms with Crippen molar-refractivity contribution in [1.29, 1.82) is 0 Å². The van der Waals surface area contributed by atoms with Crippen molar-refractivity contribution >= 4 is 11.0 Å². The molecular weight excluding hydrogens is 290 g/mol. The number of hydrogen-bond donors (Lipinski definition) is 0. The average molecular weight is 303 g/mol. The predicted octanol–water partition coefficient (Wildman–Crippen LogP) is 3.35. The molecule has 0 aliphatic rings. The van der Waals surface area contributed by atoms with Crippen LogP contribution in [0.15, 0.2) is 70.1 Å². The van der Waals surface area contributed by atoms with Crippen LogP contribution in [0, 0.1) is 6.92 Å². The van der Waals surface area contributed by atoms with Gasteiger partial charge in [-0.3, -0.25) is 0 Å². The number of benzene rings is 2. The number of fused-ring (bicyclic) bond motifs is 1. The minimum atomic E-state index is -0.351. The summed E-state index contributed by atoms with van der Waals surface area (Å²) in [6.07, 6.45) is 1.63. The van der Waals surface area contributed by atoms with E-state index < -0.39 is 0 Å². The highest BCUT2D eigenvalue weighted by molar-refractivity contribution is 5.83. The molecule has 0 aliphatic heterocycles. The Morgan fingerprint density at radius 1 is 1.04 bits per heavy atom. The fraction of sp³-hybridized carbons (Fsp3) is 0.0556. The van der Waals surface area contributed by atoms with Gasteiger partial charge in [0.15, 0.2) is 0 Å². The zero-order valence-corrected chi connectivity index (χ0v) is 12.4. The summed E-state index contributed by atoms with van der Waals surface area (Å²) in [6, 6.07) is 17.0. The van der Waals surface area contributed by atoms with Crippen molar-refractivity contribution in [3.8, 4) is 16.8 Å². The molecule has 2 aromatic heterocycles. The number of hydrogen-bond acceptors (Lipinski definition) is 4. The molecule has 0 unspecified atom stereocenters. The van der Waals surface area contributed by atoms with Crippen LogP contribution in [-0.2, 0) is 0 Å². The summed E-state index contributed by atoms with van der Waals surface area (Å²) in [6.45, 7) is 1.82. The van der Waals surface area contributed by atoms with E-state index in [1.54, 1.807) is 17.1 Å². The highest BCUT2D eigenvalue weighted by Gasteiger charge is 2.09. The van der Waals surface area contributed by atoms with E-state index in [-0.39, 0.29) is 5.63 Å². The van der Waals surface area contributed by atoms with Crippen LogP contribution in [0.3, 0.4) is 0 Å². The Morgan fingerprint density at radius 3 is 2.61 bits per heavy atom. The Bertz CT molecular complexity index is 1050. The first kappa shape index (κ1) is 13.5. The molecule has 0 N–H and O–H groups in total. The van der Waals surface area contributed by atoms with Gasteiger partial charge in [0.25, 0.3) is 0 Å². The smallest absolute Gasteiger partial charge is 0.344 e. The van der Waals surface area contributed by atoms with Crippen molar-refractivity contribution < 1.29 is 4.42 Å². The second kappa shape index (κ2) is 5.21. The first-order chi connectivity index (χ1) is 11.2. The first-order valence-corrected chi connectivity index (χ1v) is 7.23. The van der Waals surface area contributed by atoms with Crippen molar-refractivity contribution in [2.75, 3.05) is 0 Å². The first-order valence-electron chi connectivity index (χ1n) is 7.23. The van der Waals surface area contributed by atoms with Crippen LogP contribution in [0.5, 0.6) is 0 Å². The van der Waals surface area contributed by atoms with E-state index in [1.165, 1.54) is 0 Å². The minimum Gasteiger partial charge on any atom is -0.422 e. The summed E-state index contributed by atoms with van der Waals surface area (Å²) in [5, 5.41) is 5.13. The molecule has 0 spiro atoms. The molecule has 5 heteroatoms. The Labute approximate surface area is 131 Å². The van der Waals surface area contributed by atoms with Crippen molar-refractivity contribution in [1.82, 2.24) is 14.8 Å². The molecule has 0 amide bonds. The van der Waals surface area contributed by atoms with Crippen LogP contribution >= 0.6 is 0 Å². The minimum absolute atomic E-state index is 0.351.